The molecule has 1 aliphatic heterocycles. The van der Waals surface area contributed by atoms with Crippen molar-refractivity contribution in [2.45, 2.75) is 18.4 Å². The summed E-state index contributed by atoms with van der Waals surface area (Å²) >= 11 is 19.2. The van der Waals surface area contributed by atoms with Crippen LogP contribution in [0.5, 0.6) is 5.75 Å². The minimum Gasteiger partial charge on any atom is -0.496 e. The fraction of sp³-hybridized carbons (Fsp3) is 0.263. The molecule has 0 saturated carbocycles. The number of ether oxygens (including phenoxy) is 1. The zero-order valence-corrected chi connectivity index (χ0v) is 15.3. The van der Waals surface area contributed by atoms with E-state index in [-0.39, 0.29) is 12.0 Å². The van der Waals surface area contributed by atoms with Crippen LogP contribution in [0.1, 0.15) is 29.5 Å². The normalized spacial score (nSPS) is 24.2. The number of rotatable bonds is 2. The highest BCUT2D eigenvalue weighted by molar-refractivity contribution is 6.44. The zero-order valence-electron chi connectivity index (χ0n) is 13.0. The van der Waals surface area contributed by atoms with E-state index in [1.807, 2.05) is 18.2 Å². The largest absolute Gasteiger partial charge is 0.496 e. The molecule has 1 heterocycles. The molecule has 3 unspecified atom stereocenters. The molecule has 4 rings (SSSR count). The summed E-state index contributed by atoms with van der Waals surface area (Å²) in [6.07, 6.45) is 5.39. The van der Waals surface area contributed by atoms with Gasteiger partial charge in [0, 0.05) is 17.0 Å². The maximum atomic E-state index is 6.51. The number of halogens is 3. The van der Waals surface area contributed by atoms with Gasteiger partial charge >= 0.3 is 0 Å². The second-order valence-corrected chi connectivity index (χ2v) is 7.35. The van der Waals surface area contributed by atoms with E-state index in [2.05, 4.69) is 23.5 Å². The van der Waals surface area contributed by atoms with Crippen molar-refractivity contribution in [1.29, 1.82) is 0 Å². The van der Waals surface area contributed by atoms with Crippen LogP contribution in [0.4, 0.5) is 5.69 Å². The predicted molar refractivity (Wildman–Crippen MR) is 101 cm³/mol. The van der Waals surface area contributed by atoms with E-state index in [1.165, 1.54) is 0 Å². The Morgan fingerprint density at radius 2 is 1.92 bits per heavy atom. The number of para-hydroxylation sites is 1. The Morgan fingerprint density at radius 1 is 1.12 bits per heavy atom. The number of hydrogen-bond donors (Lipinski definition) is 1. The van der Waals surface area contributed by atoms with Gasteiger partial charge in [-0.05, 0) is 24.5 Å². The molecule has 0 bridgehead atoms. The third kappa shape index (κ3) is 2.40. The number of hydrogen-bond acceptors (Lipinski definition) is 2. The Kier molecular flexibility index (Phi) is 4.16. The van der Waals surface area contributed by atoms with Crippen LogP contribution in [0, 0.1) is 5.92 Å². The second kappa shape index (κ2) is 6.18. The van der Waals surface area contributed by atoms with Crippen molar-refractivity contribution < 1.29 is 4.74 Å². The maximum Gasteiger partial charge on any atom is 0.124 e. The van der Waals surface area contributed by atoms with Crippen LogP contribution in [0.25, 0.3) is 0 Å². The fourth-order valence-corrected chi connectivity index (χ4v) is 4.70. The Labute approximate surface area is 156 Å². The van der Waals surface area contributed by atoms with Gasteiger partial charge in [-0.2, -0.15) is 0 Å². The smallest absolute Gasteiger partial charge is 0.124 e. The van der Waals surface area contributed by atoms with Crippen LogP contribution in [-0.4, -0.2) is 7.11 Å². The van der Waals surface area contributed by atoms with Crippen molar-refractivity contribution in [3.05, 3.63) is 68.7 Å². The highest BCUT2D eigenvalue weighted by Gasteiger charge is 2.41. The van der Waals surface area contributed by atoms with Crippen molar-refractivity contribution in [3.63, 3.8) is 0 Å². The monoisotopic (exact) mass is 379 g/mol. The summed E-state index contributed by atoms with van der Waals surface area (Å²) in [5.74, 6) is 1.42. The van der Waals surface area contributed by atoms with Gasteiger partial charge in [-0.1, -0.05) is 65.2 Å². The molecule has 0 aromatic heterocycles. The zero-order chi connectivity index (χ0) is 16.8. The number of allylic oxidation sites excluding steroid dienone is 2. The Bertz CT molecular complexity index is 834. The first-order valence-electron chi connectivity index (χ1n) is 7.85. The highest BCUT2D eigenvalue weighted by atomic mass is 35.5. The van der Waals surface area contributed by atoms with E-state index in [0.717, 1.165) is 29.0 Å². The van der Waals surface area contributed by atoms with Gasteiger partial charge in [-0.3, -0.25) is 0 Å². The van der Waals surface area contributed by atoms with E-state index < -0.39 is 0 Å². The molecule has 3 atom stereocenters. The van der Waals surface area contributed by atoms with Crippen LogP contribution in [0.2, 0.25) is 15.1 Å². The van der Waals surface area contributed by atoms with E-state index in [4.69, 9.17) is 39.5 Å². The van der Waals surface area contributed by atoms with Gasteiger partial charge in [0.15, 0.2) is 0 Å². The summed E-state index contributed by atoms with van der Waals surface area (Å²) in [5, 5.41) is 5.28. The number of benzene rings is 2. The van der Waals surface area contributed by atoms with Crippen LogP contribution >= 0.6 is 34.8 Å². The molecule has 1 N–H and O–H groups in total. The lowest BCUT2D eigenvalue weighted by molar-refractivity contribution is 0.381. The van der Waals surface area contributed by atoms with Crippen LogP contribution in [0.15, 0.2) is 42.5 Å². The number of methoxy groups -OCH3 is 1. The average molecular weight is 381 g/mol. The average Bonchev–Trinajstić information content (AvgIpc) is 3.08. The Hall–Kier alpha value is -1.35. The summed E-state index contributed by atoms with van der Waals surface area (Å²) < 4.78 is 5.57. The van der Waals surface area contributed by atoms with E-state index >= 15 is 0 Å². The molecule has 0 saturated heterocycles. The van der Waals surface area contributed by atoms with Gasteiger partial charge in [0.1, 0.15) is 5.75 Å². The van der Waals surface area contributed by atoms with Gasteiger partial charge in [-0.25, -0.2) is 0 Å². The second-order valence-electron chi connectivity index (χ2n) is 6.16. The predicted octanol–water partition coefficient (Wildman–Crippen LogP) is 6.48. The molecule has 1 aliphatic carbocycles. The molecule has 2 aromatic rings. The lowest BCUT2D eigenvalue weighted by Gasteiger charge is -2.39. The van der Waals surface area contributed by atoms with Crippen molar-refractivity contribution in [3.8, 4) is 5.75 Å². The van der Waals surface area contributed by atoms with Crippen LogP contribution in [-0.2, 0) is 0 Å². The van der Waals surface area contributed by atoms with E-state index in [1.54, 1.807) is 13.2 Å². The van der Waals surface area contributed by atoms with Gasteiger partial charge in [-0.15, -0.1) is 0 Å². The summed E-state index contributed by atoms with van der Waals surface area (Å²) in [5.41, 5.74) is 3.00. The molecule has 0 spiro atoms. The third-order valence-corrected chi connectivity index (χ3v) is 6.06. The Balaban J connectivity index is 1.88. The fourth-order valence-electron chi connectivity index (χ4n) is 3.89. The standard InChI is InChI=1S/C19H16Cl3NO/c1-24-15-8-3-2-5-12(15)18-11-7-4-6-10(11)16-17(22)13(20)9-14(21)19(16)23-18/h2-6,8-11,18,23H,7H2,1H3. The molecule has 2 nitrogen and oxygen atoms in total. The van der Waals surface area contributed by atoms with Crippen molar-refractivity contribution in [2.24, 2.45) is 5.92 Å². The lowest BCUT2D eigenvalue weighted by atomic mass is 9.76. The van der Waals surface area contributed by atoms with Gasteiger partial charge < -0.3 is 10.1 Å². The summed E-state index contributed by atoms with van der Waals surface area (Å²) in [6, 6.07) is 9.90. The first-order valence-corrected chi connectivity index (χ1v) is 8.98. The van der Waals surface area contributed by atoms with Crippen LogP contribution < -0.4 is 10.1 Å². The number of fused-ring (bicyclic) bond motifs is 3. The number of nitrogens with one attached hydrogen (secondary N) is 1. The van der Waals surface area contributed by atoms with E-state index in [0.29, 0.717) is 21.0 Å². The SMILES string of the molecule is COc1ccccc1C1Nc2c(Cl)cc(Cl)c(Cl)c2C2C=CCC21. The number of anilines is 1. The highest BCUT2D eigenvalue weighted by Crippen LogP contribution is 2.55. The van der Waals surface area contributed by atoms with Gasteiger partial charge in [0.2, 0.25) is 0 Å². The molecule has 2 aliphatic rings. The molecule has 0 fully saturated rings. The topological polar surface area (TPSA) is 21.3 Å². The lowest BCUT2D eigenvalue weighted by Crippen LogP contribution is -2.30. The summed E-state index contributed by atoms with van der Waals surface area (Å²) in [7, 11) is 1.70. The molecule has 24 heavy (non-hydrogen) atoms. The summed E-state index contributed by atoms with van der Waals surface area (Å²) in [6.45, 7) is 0. The minimum atomic E-state index is 0.100. The Morgan fingerprint density at radius 3 is 2.71 bits per heavy atom. The van der Waals surface area contributed by atoms with Crippen LogP contribution in [0.3, 0.4) is 0 Å². The summed E-state index contributed by atoms with van der Waals surface area (Å²) in [4.78, 5) is 0. The molecule has 5 heteroatoms. The molecule has 0 radical (unpaired) electrons. The molecular weight excluding hydrogens is 365 g/mol. The third-order valence-electron chi connectivity index (χ3n) is 4.96. The van der Waals surface area contributed by atoms with E-state index in [9.17, 15) is 0 Å². The van der Waals surface area contributed by atoms with Gasteiger partial charge in [0.05, 0.1) is 33.9 Å². The molecule has 0 amide bonds. The quantitative estimate of drug-likeness (QED) is 0.475. The first kappa shape index (κ1) is 16.1. The maximum absolute atomic E-state index is 6.51. The molecule has 124 valence electrons. The van der Waals surface area contributed by atoms with Gasteiger partial charge in [0.25, 0.3) is 0 Å². The first-order chi connectivity index (χ1) is 11.6. The molecule has 2 aromatic carbocycles. The van der Waals surface area contributed by atoms with Crippen molar-refractivity contribution >= 4 is 40.5 Å². The van der Waals surface area contributed by atoms with Crippen molar-refractivity contribution in [1.82, 2.24) is 0 Å². The van der Waals surface area contributed by atoms with Crippen molar-refractivity contribution in [2.75, 3.05) is 12.4 Å². The molecular formula is C19H16Cl3NO. The minimum absolute atomic E-state index is 0.100.